The van der Waals surface area contributed by atoms with Crippen LogP contribution in [0.4, 0.5) is 10.1 Å². The summed E-state index contributed by atoms with van der Waals surface area (Å²) in [4.78, 5) is 13.0. The fourth-order valence-corrected chi connectivity index (χ4v) is 4.18. The van der Waals surface area contributed by atoms with Gasteiger partial charge < -0.3 is 20.6 Å². The van der Waals surface area contributed by atoms with Crippen molar-refractivity contribution in [3.63, 3.8) is 0 Å². The van der Waals surface area contributed by atoms with Crippen LogP contribution in [0.1, 0.15) is 43.8 Å². The Kier molecular flexibility index (Phi) is 7.51. The molecule has 0 amide bonds. The number of nitrogens with one attached hydrogen (secondary N) is 1. The molecular weight excluding hydrogens is 483 g/mol. The fourth-order valence-electron chi connectivity index (χ4n) is 3.97. The molecule has 0 aliphatic carbocycles. The number of hydrogen-bond acceptors (Lipinski definition) is 7. The van der Waals surface area contributed by atoms with E-state index in [4.69, 9.17) is 16.7 Å². The number of benzene rings is 2. The predicted octanol–water partition coefficient (Wildman–Crippen LogP) is 4.78. The number of anilines is 1. The second kappa shape index (κ2) is 10.4. The zero-order valence-corrected chi connectivity index (χ0v) is 21.0. The van der Waals surface area contributed by atoms with Crippen molar-refractivity contribution < 1.29 is 19.7 Å². The highest BCUT2D eigenvalue weighted by atomic mass is 35.5. The lowest BCUT2D eigenvalue weighted by Gasteiger charge is -2.20. The van der Waals surface area contributed by atoms with Gasteiger partial charge in [-0.05, 0) is 50.1 Å². The zero-order valence-electron chi connectivity index (χ0n) is 20.2. The van der Waals surface area contributed by atoms with Gasteiger partial charge in [-0.15, -0.1) is 0 Å². The van der Waals surface area contributed by atoms with E-state index in [9.17, 15) is 14.6 Å². The molecule has 4 aromatic rings. The van der Waals surface area contributed by atoms with Gasteiger partial charge >= 0.3 is 0 Å². The molecule has 2 aromatic heterocycles. The van der Waals surface area contributed by atoms with E-state index in [0.717, 1.165) is 16.5 Å². The molecule has 0 aliphatic heterocycles. The molecular formula is C27H28ClFN4O3. The maximum atomic E-state index is 14.7. The Balaban J connectivity index is 1.69. The highest BCUT2D eigenvalue weighted by molar-refractivity contribution is 6.34. The Labute approximate surface area is 213 Å². The summed E-state index contributed by atoms with van der Waals surface area (Å²) < 4.78 is 14.7. The van der Waals surface area contributed by atoms with Gasteiger partial charge in [0.05, 0.1) is 35.0 Å². The molecule has 4 rings (SSSR count). The van der Waals surface area contributed by atoms with Crippen LogP contribution in [0.3, 0.4) is 0 Å². The highest BCUT2D eigenvalue weighted by Crippen LogP contribution is 2.35. The summed E-state index contributed by atoms with van der Waals surface area (Å²) in [6.07, 6.45) is 4.15. The summed E-state index contributed by atoms with van der Waals surface area (Å²) in [6.45, 7) is 4.70. The molecule has 0 spiro atoms. The molecule has 4 N–H and O–H groups in total. The van der Waals surface area contributed by atoms with E-state index in [2.05, 4.69) is 20.3 Å². The normalized spacial score (nSPS) is 13.6. The van der Waals surface area contributed by atoms with Crippen molar-refractivity contribution in [2.24, 2.45) is 0 Å². The van der Waals surface area contributed by atoms with E-state index in [1.54, 1.807) is 44.6 Å². The maximum Gasteiger partial charge on any atom is 0.159 e. The van der Waals surface area contributed by atoms with Crippen LogP contribution in [0.15, 0.2) is 55.0 Å². The zero-order chi connectivity index (χ0) is 26.0. The van der Waals surface area contributed by atoms with Crippen LogP contribution < -0.4 is 5.32 Å². The molecule has 0 saturated carbocycles. The SMILES string of the molecule is CC(Nc1c(Cl)cnc2ccc(-c3cnc(C(C)(C)O)nc3)cc12)c1cc(CC(O)CO)ccc1F. The third-order valence-corrected chi connectivity index (χ3v) is 6.21. The van der Waals surface area contributed by atoms with Crippen molar-refractivity contribution in [3.8, 4) is 11.1 Å². The summed E-state index contributed by atoms with van der Waals surface area (Å²) in [7, 11) is 0. The minimum Gasteiger partial charge on any atom is -0.394 e. The first kappa shape index (κ1) is 25.9. The van der Waals surface area contributed by atoms with Crippen molar-refractivity contribution >= 4 is 28.2 Å². The lowest BCUT2D eigenvalue weighted by atomic mass is 10.00. The number of hydrogen-bond donors (Lipinski definition) is 4. The van der Waals surface area contributed by atoms with Crippen LogP contribution in [0.5, 0.6) is 0 Å². The molecule has 2 unspecified atom stereocenters. The van der Waals surface area contributed by atoms with Gasteiger partial charge in [-0.25, -0.2) is 14.4 Å². The number of nitrogens with zero attached hydrogens (tertiary/aromatic N) is 3. The first-order valence-corrected chi connectivity index (χ1v) is 11.9. The largest absolute Gasteiger partial charge is 0.394 e. The van der Waals surface area contributed by atoms with Crippen LogP contribution in [0.25, 0.3) is 22.0 Å². The van der Waals surface area contributed by atoms with Gasteiger partial charge in [0.1, 0.15) is 11.4 Å². The number of halogens is 2. The summed E-state index contributed by atoms with van der Waals surface area (Å²) >= 11 is 6.53. The second-order valence-electron chi connectivity index (χ2n) is 9.33. The quantitative estimate of drug-likeness (QED) is 0.270. The number of fused-ring (bicyclic) bond motifs is 1. The van der Waals surface area contributed by atoms with E-state index in [-0.39, 0.29) is 13.0 Å². The molecule has 0 radical (unpaired) electrons. The van der Waals surface area contributed by atoms with E-state index in [1.165, 1.54) is 6.07 Å². The Hall–Kier alpha value is -3.17. The molecule has 2 heterocycles. The topological polar surface area (TPSA) is 111 Å². The minimum absolute atomic E-state index is 0.215. The minimum atomic E-state index is -1.14. The molecule has 0 bridgehead atoms. The third kappa shape index (κ3) is 5.63. The standard InChI is InChI=1S/C27H28ClFN4O3/c1-15(20-9-16(4-6-23(20)29)8-19(35)14-34)33-25-21-10-17(5-7-24(21)30-13-22(25)28)18-11-31-26(32-12-18)27(2,3)36/h4-7,9-13,15,19,34-36H,8,14H2,1-3H3,(H,30,33). The van der Waals surface area contributed by atoms with Crippen molar-refractivity contribution in [1.82, 2.24) is 15.0 Å². The number of aliphatic hydroxyl groups excluding tert-OH is 2. The van der Waals surface area contributed by atoms with Gasteiger partial charge in [-0.1, -0.05) is 29.8 Å². The number of pyridine rings is 1. The van der Waals surface area contributed by atoms with Crippen LogP contribution in [0, 0.1) is 5.82 Å². The molecule has 2 aromatic carbocycles. The molecule has 36 heavy (non-hydrogen) atoms. The Morgan fingerprint density at radius 1 is 1.03 bits per heavy atom. The second-order valence-corrected chi connectivity index (χ2v) is 9.74. The van der Waals surface area contributed by atoms with Gasteiger partial charge in [0, 0.05) is 41.5 Å². The molecule has 9 heteroatoms. The average molecular weight is 511 g/mol. The third-order valence-electron chi connectivity index (χ3n) is 5.92. The Bertz CT molecular complexity index is 1380. The monoisotopic (exact) mass is 510 g/mol. The van der Waals surface area contributed by atoms with E-state index >= 15 is 0 Å². The molecule has 0 aliphatic rings. The molecule has 0 fully saturated rings. The van der Waals surface area contributed by atoms with Crippen molar-refractivity contribution in [1.29, 1.82) is 0 Å². The van der Waals surface area contributed by atoms with Gasteiger partial charge in [0.2, 0.25) is 0 Å². The molecule has 7 nitrogen and oxygen atoms in total. The van der Waals surface area contributed by atoms with Gasteiger partial charge in [0.25, 0.3) is 0 Å². The lowest BCUT2D eigenvalue weighted by Crippen LogP contribution is -2.19. The van der Waals surface area contributed by atoms with Crippen LogP contribution in [0.2, 0.25) is 5.02 Å². The molecule has 2 atom stereocenters. The van der Waals surface area contributed by atoms with Crippen molar-refractivity contribution in [3.05, 3.63) is 82.8 Å². The molecule has 188 valence electrons. The average Bonchev–Trinajstić information content (AvgIpc) is 2.86. The van der Waals surface area contributed by atoms with Crippen LogP contribution in [-0.2, 0) is 12.0 Å². The van der Waals surface area contributed by atoms with Crippen molar-refractivity contribution in [2.75, 3.05) is 11.9 Å². The number of aromatic nitrogens is 3. The van der Waals surface area contributed by atoms with Gasteiger partial charge in [-0.2, -0.15) is 0 Å². The first-order chi connectivity index (χ1) is 17.1. The van der Waals surface area contributed by atoms with Crippen molar-refractivity contribution in [2.45, 2.75) is 44.9 Å². The first-order valence-electron chi connectivity index (χ1n) is 11.5. The van der Waals surface area contributed by atoms with Gasteiger partial charge in [-0.3, -0.25) is 4.98 Å². The predicted molar refractivity (Wildman–Crippen MR) is 138 cm³/mol. The summed E-state index contributed by atoms with van der Waals surface area (Å²) in [6, 6.07) is 9.84. The Morgan fingerprint density at radius 2 is 1.75 bits per heavy atom. The fraction of sp³-hybridized carbons (Fsp3) is 0.296. The Morgan fingerprint density at radius 3 is 2.42 bits per heavy atom. The van der Waals surface area contributed by atoms with E-state index < -0.39 is 23.6 Å². The van der Waals surface area contributed by atoms with Crippen LogP contribution in [-0.4, -0.2) is 43.0 Å². The number of aliphatic hydroxyl groups is 3. The smallest absolute Gasteiger partial charge is 0.159 e. The lowest BCUT2D eigenvalue weighted by molar-refractivity contribution is 0.0687. The highest BCUT2D eigenvalue weighted by Gasteiger charge is 2.20. The van der Waals surface area contributed by atoms with E-state index in [0.29, 0.717) is 33.2 Å². The molecule has 0 saturated heterocycles. The number of rotatable bonds is 8. The summed E-state index contributed by atoms with van der Waals surface area (Å²) in [5, 5.41) is 33.5. The van der Waals surface area contributed by atoms with Gasteiger partial charge in [0.15, 0.2) is 5.82 Å². The van der Waals surface area contributed by atoms with Crippen LogP contribution >= 0.6 is 11.6 Å². The summed E-state index contributed by atoms with van der Waals surface area (Å²) in [5.74, 6) is -0.0693. The maximum absolute atomic E-state index is 14.7. The summed E-state index contributed by atoms with van der Waals surface area (Å²) in [5.41, 5.74) is 2.86. The van der Waals surface area contributed by atoms with E-state index in [1.807, 2.05) is 25.1 Å².